The molecule has 1 heterocycles. The van der Waals surface area contributed by atoms with Crippen LogP contribution in [0.25, 0.3) is 0 Å². The van der Waals surface area contributed by atoms with E-state index in [2.05, 4.69) is 10.4 Å². The molecule has 0 unspecified atom stereocenters. The third kappa shape index (κ3) is 2.86. The van der Waals surface area contributed by atoms with Crippen molar-refractivity contribution in [2.75, 3.05) is 5.88 Å². The number of carbonyl (C=O) groups is 1. The van der Waals surface area contributed by atoms with Gasteiger partial charge in [0.05, 0.1) is 29.9 Å². The lowest BCUT2D eigenvalue weighted by atomic mass is 10.1. The first-order valence-electron chi connectivity index (χ1n) is 7.69. The minimum Gasteiger partial charge on any atom is -0.390 e. The summed E-state index contributed by atoms with van der Waals surface area (Å²) in [7, 11) is 0. The average Bonchev–Trinajstić information content (AvgIpc) is 2.97. The Labute approximate surface area is 140 Å². The normalized spacial score (nSPS) is 19.7. The Hall–Kier alpha value is -1.85. The molecule has 0 fully saturated rings. The SMILES string of the molecule is Cc1nn(CCCl)c(C)c1C(=O)N[C@H]1c2ccccc2C[C@H]1O. The quantitative estimate of drug-likeness (QED) is 0.842. The van der Waals surface area contributed by atoms with Gasteiger partial charge >= 0.3 is 0 Å². The van der Waals surface area contributed by atoms with Crippen LogP contribution in [0.2, 0.25) is 0 Å². The molecule has 122 valence electrons. The number of hydrogen-bond donors (Lipinski definition) is 2. The minimum atomic E-state index is -0.602. The van der Waals surface area contributed by atoms with Gasteiger partial charge in [0, 0.05) is 18.0 Å². The molecule has 23 heavy (non-hydrogen) atoms. The number of fused-ring (bicyclic) bond motifs is 1. The summed E-state index contributed by atoms with van der Waals surface area (Å²) in [5.74, 6) is 0.235. The van der Waals surface area contributed by atoms with Crippen molar-refractivity contribution in [1.82, 2.24) is 15.1 Å². The molecule has 0 spiro atoms. The summed E-state index contributed by atoms with van der Waals surface area (Å²) < 4.78 is 1.75. The Morgan fingerprint density at radius 3 is 2.91 bits per heavy atom. The van der Waals surface area contributed by atoms with Crippen molar-refractivity contribution in [3.63, 3.8) is 0 Å². The minimum absolute atomic E-state index is 0.207. The highest BCUT2D eigenvalue weighted by atomic mass is 35.5. The lowest BCUT2D eigenvalue weighted by Crippen LogP contribution is -2.34. The topological polar surface area (TPSA) is 67.2 Å². The number of alkyl halides is 1. The number of aliphatic hydroxyl groups excluding tert-OH is 1. The second kappa shape index (κ2) is 6.34. The van der Waals surface area contributed by atoms with Crippen LogP contribution >= 0.6 is 11.6 Å². The monoisotopic (exact) mass is 333 g/mol. The van der Waals surface area contributed by atoms with Gasteiger partial charge in [0.2, 0.25) is 0 Å². The van der Waals surface area contributed by atoms with Gasteiger partial charge in [-0.3, -0.25) is 9.48 Å². The van der Waals surface area contributed by atoms with Crippen molar-refractivity contribution >= 4 is 17.5 Å². The van der Waals surface area contributed by atoms with Gasteiger partial charge in [0.25, 0.3) is 5.91 Å². The third-order valence-electron chi connectivity index (χ3n) is 4.40. The van der Waals surface area contributed by atoms with E-state index in [1.54, 1.807) is 4.68 Å². The third-order valence-corrected chi connectivity index (χ3v) is 4.56. The van der Waals surface area contributed by atoms with E-state index in [9.17, 15) is 9.90 Å². The number of rotatable bonds is 4. The van der Waals surface area contributed by atoms with Crippen LogP contribution in [-0.4, -0.2) is 32.8 Å². The summed E-state index contributed by atoms with van der Waals surface area (Å²) in [6.07, 6.45) is -0.0419. The number of aliphatic hydroxyl groups is 1. The van der Waals surface area contributed by atoms with Crippen molar-refractivity contribution in [1.29, 1.82) is 0 Å². The summed E-state index contributed by atoms with van der Waals surface area (Å²) in [5, 5.41) is 17.6. The van der Waals surface area contributed by atoms with E-state index in [1.165, 1.54) is 0 Å². The Morgan fingerprint density at radius 1 is 1.43 bits per heavy atom. The Balaban J connectivity index is 1.86. The second-order valence-electron chi connectivity index (χ2n) is 5.88. The maximum Gasteiger partial charge on any atom is 0.255 e. The molecular formula is C17H20ClN3O2. The van der Waals surface area contributed by atoms with Crippen molar-refractivity contribution in [3.8, 4) is 0 Å². The molecule has 1 aliphatic rings. The van der Waals surface area contributed by atoms with Crippen LogP contribution in [0.5, 0.6) is 0 Å². The van der Waals surface area contributed by atoms with Gasteiger partial charge in [0.1, 0.15) is 0 Å². The lowest BCUT2D eigenvalue weighted by molar-refractivity contribution is 0.0857. The van der Waals surface area contributed by atoms with Gasteiger partial charge < -0.3 is 10.4 Å². The fourth-order valence-electron chi connectivity index (χ4n) is 3.28. The zero-order valence-corrected chi connectivity index (χ0v) is 14.0. The average molecular weight is 334 g/mol. The number of nitrogens with one attached hydrogen (secondary N) is 1. The Bertz CT molecular complexity index is 741. The van der Waals surface area contributed by atoms with E-state index in [0.29, 0.717) is 30.1 Å². The largest absolute Gasteiger partial charge is 0.390 e. The van der Waals surface area contributed by atoms with Crippen LogP contribution in [0.3, 0.4) is 0 Å². The van der Waals surface area contributed by atoms with Crippen LogP contribution in [0.15, 0.2) is 24.3 Å². The highest BCUT2D eigenvalue weighted by Crippen LogP contribution is 2.31. The molecule has 0 bridgehead atoms. The number of carbonyl (C=O) groups excluding carboxylic acids is 1. The molecular weight excluding hydrogens is 314 g/mol. The van der Waals surface area contributed by atoms with Crippen LogP contribution in [-0.2, 0) is 13.0 Å². The second-order valence-corrected chi connectivity index (χ2v) is 6.26. The standard InChI is InChI=1S/C17H20ClN3O2/c1-10-15(11(2)21(20-10)8-7-18)17(23)19-16-13-6-4-3-5-12(13)9-14(16)22/h3-6,14,16,22H,7-9H2,1-2H3,(H,19,23)/t14-,16+/m1/s1. The molecule has 1 amide bonds. The molecule has 3 rings (SSSR count). The van der Waals surface area contributed by atoms with Crippen molar-refractivity contribution in [2.24, 2.45) is 0 Å². The van der Waals surface area contributed by atoms with Gasteiger partial charge in [-0.25, -0.2) is 0 Å². The fourth-order valence-corrected chi connectivity index (χ4v) is 3.44. The van der Waals surface area contributed by atoms with E-state index in [1.807, 2.05) is 38.1 Å². The first kappa shape index (κ1) is 16.0. The molecule has 0 saturated carbocycles. The summed E-state index contributed by atoms with van der Waals surface area (Å²) >= 11 is 5.77. The van der Waals surface area contributed by atoms with E-state index in [4.69, 9.17) is 11.6 Å². The lowest BCUT2D eigenvalue weighted by Gasteiger charge is -2.18. The van der Waals surface area contributed by atoms with Gasteiger partial charge in [-0.2, -0.15) is 5.10 Å². The van der Waals surface area contributed by atoms with E-state index in [0.717, 1.165) is 16.8 Å². The summed E-state index contributed by atoms with van der Waals surface area (Å²) in [4.78, 5) is 12.7. The van der Waals surface area contributed by atoms with Crippen LogP contribution in [0, 0.1) is 13.8 Å². The number of aromatic nitrogens is 2. The predicted octanol–water partition coefficient (Wildman–Crippen LogP) is 2.13. The molecule has 6 heteroatoms. The predicted molar refractivity (Wildman–Crippen MR) is 88.8 cm³/mol. The van der Waals surface area contributed by atoms with Crippen molar-refractivity contribution < 1.29 is 9.90 Å². The summed E-state index contributed by atoms with van der Waals surface area (Å²) in [6, 6.07) is 7.42. The number of halogens is 1. The first-order chi connectivity index (χ1) is 11.0. The number of nitrogens with zero attached hydrogens (tertiary/aromatic N) is 2. The van der Waals surface area contributed by atoms with Gasteiger partial charge in [-0.15, -0.1) is 11.6 Å². The zero-order valence-electron chi connectivity index (χ0n) is 13.2. The molecule has 5 nitrogen and oxygen atoms in total. The fraction of sp³-hybridized carbons (Fsp3) is 0.412. The summed E-state index contributed by atoms with van der Waals surface area (Å²) in [6.45, 7) is 4.24. The van der Waals surface area contributed by atoms with Gasteiger partial charge in [-0.05, 0) is 25.0 Å². The van der Waals surface area contributed by atoms with E-state index < -0.39 is 6.10 Å². The van der Waals surface area contributed by atoms with Crippen LogP contribution in [0.1, 0.15) is 38.9 Å². The number of hydrogen-bond acceptors (Lipinski definition) is 3. The number of amides is 1. The number of aryl methyl sites for hydroxylation is 2. The molecule has 0 radical (unpaired) electrons. The van der Waals surface area contributed by atoms with Crippen molar-refractivity contribution in [3.05, 3.63) is 52.3 Å². The maximum absolute atomic E-state index is 12.7. The summed E-state index contributed by atoms with van der Waals surface area (Å²) in [5.41, 5.74) is 4.09. The molecule has 0 aliphatic heterocycles. The first-order valence-corrected chi connectivity index (χ1v) is 8.23. The van der Waals surface area contributed by atoms with Crippen LogP contribution < -0.4 is 5.32 Å². The van der Waals surface area contributed by atoms with E-state index >= 15 is 0 Å². The Morgan fingerprint density at radius 2 is 2.17 bits per heavy atom. The van der Waals surface area contributed by atoms with Gasteiger partial charge in [0.15, 0.2) is 0 Å². The maximum atomic E-state index is 12.7. The molecule has 2 aromatic rings. The zero-order chi connectivity index (χ0) is 16.6. The molecule has 1 aromatic carbocycles. The van der Waals surface area contributed by atoms with Crippen molar-refractivity contribution in [2.45, 2.75) is 39.0 Å². The highest BCUT2D eigenvalue weighted by Gasteiger charge is 2.33. The highest BCUT2D eigenvalue weighted by molar-refractivity contribution is 6.17. The van der Waals surface area contributed by atoms with Gasteiger partial charge in [-0.1, -0.05) is 24.3 Å². The molecule has 2 atom stereocenters. The molecule has 1 aliphatic carbocycles. The van der Waals surface area contributed by atoms with Crippen LogP contribution in [0.4, 0.5) is 0 Å². The smallest absolute Gasteiger partial charge is 0.255 e. The van der Waals surface area contributed by atoms with E-state index in [-0.39, 0.29) is 11.9 Å². The number of benzene rings is 1. The Kier molecular flexibility index (Phi) is 4.41. The molecule has 0 saturated heterocycles. The molecule has 2 N–H and O–H groups in total. The molecule has 1 aromatic heterocycles.